The highest BCUT2D eigenvalue weighted by Gasteiger charge is 2.29. The van der Waals surface area contributed by atoms with E-state index in [9.17, 15) is 14.9 Å². The van der Waals surface area contributed by atoms with Gasteiger partial charge < -0.3 is 0 Å². The Balaban J connectivity index is 1.52. The molecular weight excluding hydrogens is 402 g/mol. The topological polar surface area (TPSA) is 109 Å². The largest absolute Gasteiger partial charge is 0.271 e. The van der Waals surface area contributed by atoms with E-state index in [1.807, 2.05) is 24.3 Å². The van der Waals surface area contributed by atoms with Gasteiger partial charge in [0.05, 0.1) is 11.1 Å². The Kier molecular flexibility index (Phi) is 5.71. The van der Waals surface area contributed by atoms with E-state index >= 15 is 0 Å². The number of hydrogen-bond acceptors (Lipinski definition) is 6. The lowest BCUT2D eigenvalue weighted by molar-refractivity contribution is -0.384. The number of nitro benzene ring substituents is 1. The fourth-order valence-electron chi connectivity index (χ4n) is 2.57. The zero-order valence-corrected chi connectivity index (χ0v) is 15.1. The number of carbonyl (C=O) groups is 1. The van der Waals surface area contributed by atoms with E-state index in [1.54, 1.807) is 12.1 Å². The third-order valence-electron chi connectivity index (χ3n) is 3.98. The van der Waals surface area contributed by atoms with Crippen molar-refractivity contribution < 1.29 is 9.72 Å². The molecule has 9 heteroatoms. The fourth-order valence-corrected chi connectivity index (χ4v) is 2.84. The summed E-state index contributed by atoms with van der Waals surface area (Å²) >= 11 is 3.40. The van der Waals surface area contributed by atoms with Crippen molar-refractivity contribution in [1.82, 2.24) is 16.3 Å². The summed E-state index contributed by atoms with van der Waals surface area (Å²) in [4.78, 5) is 22.3. The van der Waals surface area contributed by atoms with Gasteiger partial charge in [0.25, 0.3) is 11.6 Å². The van der Waals surface area contributed by atoms with E-state index < -0.39 is 11.0 Å². The summed E-state index contributed by atoms with van der Waals surface area (Å²) in [6.07, 6.45) is 2.04. The summed E-state index contributed by atoms with van der Waals surface area (Å²) in [7, 11) is 0. The molecule has 1 saturated heterocycles. The molecule has 1 amide bonds. The van der Waals surface area contributed by atoms with Crippen LogP contribution in [0.5, 0.6) is 0 Å². The van der Waals surface area contributed by atoms with Crippen LogP contribution >= 0.6 is 15.9 Å². The highest BCUT2D eigenvalue weighted by molar-refractivity contribution is 9.10. The number of hydrogen-bond donors (Lipinski definition) is 3. The second-order valence-electron chi connectivity index (χ2n) is 5.76. The van der Waals surface area contributed by atoms with Crippen molar-refractivity contribution in [1.29, 1.82) is 0 Å². The van der Waals surface area contributed by atoms with Crippen LogP contribution in [0, 0.1) is 10.1 Å². The monoisotopic (exact) mass is 417 g/mol. The first-order valence-electron chi connectivity index (χ1n) is 7.87. The molecule has 2 unspecified atom stereocenters. The van der Waals surface area contributed by atoms with Crippen LogP contribution in [0.4, 0.5) is 5.69 Å². The van der Waals surface area contributed by atoms with Gasteiger partial charge in [-0.25, -0.2) is 16.3 Å². The second kappa shape index (κ2) is 8.17. The van der Waals surface area contributed by atoms with Gasteiger partial charge in [-0.1, -0.05) is 28.1 Å². The molecule has 0 aromatic heterocycles. The number of hydrazine groups is 1. The lowest BCUT2D eigenvalue weighted by Crippen LogP contribution is -2.41. The molecule has 2 atom stereocenters. The van der Waals surface area contributed by atoms with Crippen LogP contribution < -0.4 is 16.3 Å². The number of rotatable bonds is 5. The van der Waals surface area contributed by atoms with E-state index in [0.29, 0.717) is 12.0 Å². The Hall–Kier alpha value is -2.62. The minimum atomic E-state index is -0.469. The van der Waals surface area contributed by atoms with Gasteiger partial charge in [-0.05, 0) is 41.8 Å². The van der Waals surface area contributed by atoms with Crippen LogP contribution in [0.15, 0.2) is 58.1 Å². The number of benzene rings is 2. The number of hydrazone groups is 1. The summed E-state index contributed by atoms with van der Waals surface area (Å²) in [5, 5.41) is 14.5. The van der Waals surface area contributed by atoms with Gasteiger partial charge in [0.1, 0.15) is 6.04 Å². The molecule has 2 aromatic rings. The minimum Gasteiger partial charge on any atom is -0.271 e. The molecule has 26 heavy (non-hydrogen) atoms. The first-order valence-corrected chi connectivity index (χ1v) is 8.66. The van der Waals surface area contributed by atoms with Crippen LogP contribution in [-0.2, 0) is 4.79 Å². The third kappa shape index (κ3) is 4.51. The predicted molar refractivity (Wildman–Crippen MR) is 100 cm³/mol. The Morgan fingerprint density at radius 1 is 1.19 bits per heavy atom. The van der Waals surface area contributed by atoms with E-state index in [1.165, 1.54) is 18.3 Å². The van der Waals surface area contributed by atoms with Gasteiger partial charge in [-0.15, -0.1) is 0 Å². The van der Waals surface area contributed by atoms with E-state index in [2.05, 4.69) is 37.3 Å². The summed E-state index contributed by atoms with van der Waals surface area (Å²) in [5.74, 6) is -0.254. The summed E-state index contributed by atoms with van der Waals surface area (Å²) in [6.45, 7) is 0. The Labute approximate surface area is 157 Å². The molecule has 1 heterocycles. The molecule has 0 aliphatic carbocycles. The molecule has 8 nitrogen and oxygen atoms in total. The number of non-ortho nitro benzene ring substituents is 1. The maximum Gasteiger partial charge on any atom is 0.269 e. The SMILES string of the molecule is O=C(N/N=C/c1ccc([N+](=O)[O-])cc1)C1CC(c2ccc(Br)cc2)NN1. The molecule has 0 radical (unpaired) electrons. The molecule has 0 saturated carbocycles. The zero-order chi connectivity index (χ0) is 18.5. The molecule has 3 rings (SSSR count). The fraction of sp³-hybridized carbons (Fsp3) is 0.176. The highest BCUT2D eigenvalue weighted by atomic mass is 79.9. The standard InChI is InChI=1S/C17H16BrN5O3/c18-13-5-3-12(4-6-13)15-9-16(21-20-15)17(24)22-19-10-11-1-7-14(8-2-11)23(25)26/h1-8,10,15-16,20-21H,9H2,(H,22,24)/b19-10+. The average Bonchev–Trinajstić information content (AvgIpc) is 3.13. The van der Waals surface area contributed by atoms with Crippen molar-refractivity contribution in [3.8, 4) is 0 Å². The molecule has 1 aliphatic rings. The number of amides is 1. The van der Waals surface area contributed by atoms with Crippen molar-refractivity contribution >= 4 is 33.7 Å². The first kappa shape index (κ1) is 18.2. The summed E-state index contributed by atoms with van der Waals surface area (Å²) < 4.78 is 1.00. The van der Waals surface area contributed by atoms with E-state index in [0.717, 1.165) is 10.0 Å². The second-order valence-corrected chi connectivity index (χ2v) is 6.68. The van der Waals surface area contributed by atoms with Crippen LogP contribution in [-0.4, -0.2) is 23.1 Å². The molecule has 134 valence electrons. The zero-order valence-electron chi connectivity index (χ0n) is 13.6. The maximum atomic E-state index is 12.2. The van der Waals surface area contributed by atoms with Crippen molar-refractivity contribution in [2.45, 2.75) is 18.5 Å². The lowest BCUT2D eigenvalue weighted by atomic mass is 10.0. The van der Waals surface area contributed by atoms with Crippen LogP contribution in [0.2, 0.25) is 0 Å². The molecular formula is C17H16BrN5O3. The van der Waals surface area contributed by atoms with Crippen molar-refractivity contribution in [3.63, 3.8) is 0 Å². The Bertz CT molecular complexity index is 823. The summed E-state index contributed by atoms with van der Waals surface area (Å²) in [6, 6.07) is 13.4. The van der Waals surface area contributed by atoms with Crippen molar-refractivity contribution in [2.75, 3.05) is 0 Å². The van der Waals surface area contributed by atoms with Gasteiger partial charge in [0, 0.05) is 22.6 Å². The van der Waals surface area contributed by atoms with Gasteiger partial charge in [0.2, 0.25) is 0 Å². The number of halogens is 1. The van der Waals surface area contributed by atoms with Crippen LogP contribution in [0.25, 0.3) is 0 Å². The Morgan fingerprint density at radius 2 is 1.88 bits per heavy atom. The first-order chi connectivity index (χ1) is 12.5. The molecule has 2 aromatic carbocycles. The number of nitrogens with one attached hydrogen (secondary N) is 3. The van der Waals surface area contributed by atoms with Crippen molar-refractivity contribution in [3.05, 3.63) is 74.2 Å². The maximum absolute atomic E-state index is 12.2. The predicted octanol–water partition coefficient (Wildman–Crippen LogP) is 2.42. The number of nitro groups is 1. The van der Waals surface area contributed by atoms with Crippen LogP contribution in [0.3, 0.4) is 0 Å². The van der Waals surface area contributed by atoms with E-state index in [-0.39, 0.29) is 17.6 Å². The van der Waals surface area contributed by atoms with Gasteiger partial charge in [-0.3, -0.25) is 14.9 Å². The normalized spacial score (nSPS) is 19.6. The quantitative estimate of drug-likeness (QED) is 0.393. The molecule has 1 fully saturated rings. The van der Waals surface area contributed by atoms with E-state index in [4.69, 9.17) is 0 Å². The minimum absolute atomic E-state index is 0.00593. The van der Waals surface area contributed by atoms with Gasteiger partial charge in [0.15, 0.2) is 0 Å². The van der Waals surface area contributed by atoms with Gasteiger partial charge >= 0.3 is 0 Å². The van der Waals surface area contributed by atoms with Crippen LogP contribution in [0.1, 0.15) is 23.6 Å². The summed E-state index contributed by atoms with van der Waals surface area (Å²) in [5.41, 5.74) is 10.3. The number of carbonyl (C=O) groups excluding carboxylic acids is 1. The highest BCUT2D eigenvalue weighted by Crippen LogP contribution is 2.23. The Morgan fingerprint density at radius 3 is 2.54 bits per heavy atom. The lowest BCUT2D eigenvalue weighted by Gasteiger charge is -2.09. The molecule has 3 N–H and O–H groups in total. The molecule has 1 aliphatic heterocycles. The molecule has 0 bridgehead atoms. The molecule has 0 spiro atoms. The smallest absolute Gasteiger partial charge is 0.269 e. The number of nitrogens with zero attached hydrogens (tertiary/aromatic N) is 2. The third-order valence-corrected chi connectivity index (χ3v) is 4.51. The average molecular weight is 418 g/mol. The van der Waals surface area contributed by atoms with Crippen molar-refractivity contribution in [2.24, 2.45) is 5.10 Å². The van der Waals surface area contributed by atoms with Gasteiger partial charge in [-0.2, -0.15) is 5.10 Å².